The van der Waals surface area contributed by atoms with E-state index < -0.39 is 6.10 Å². The number of ether oxygens (including phenoxy) is 3. The van der Waals surface area contributed by atoms with Crippen molar-refractivity contribution < 1.29 is 19.3 Å². The van der Waals surface area contributed by atoms with E-state index in [1.54, 1.807) is 0 Å². The third-order valence-corrected chi connectivity index (χ3v) is 7.02. The highest BCUT2D eigenvalue weighted by atomic mass is 16.7. The second kappa shape index (κ2) is 11.6. The van der Waals surface area contributed by atoms with E-state index in [9.17, 15) is 5.11 Å². The first-order chi connectivity index (χ1) is 17.7. The van der Waals surface area contributed by atoms with Crippen molar-refractivity contribution >= 4 is 11.1 Å². The Morgan fingerprint density at radius 1 is 0.917 bits per heavy atom. The van der Waals surface area contributed by atoms with Gasteiger partial charge in [0.15, 0.2) is 11.5 Å². The zero-order chi connectivity index (χ0) is 24.7. The largest absolute Gasteiger partial charge is 0.491 e. The van der Waals surface area contributed by atoms with E-state index in [2.05, 4.69) is 60.8 Å². The maximum absolute atomic E-state index is 10.3. The number of aliphatic hydroxyl groups excluding tert-OH is 1. The van der Waals surface area contributed by atoms with Crippen LogP contribution in [0.5, 0.6) is 17.2 Å². The van der Waals surface area contributed by atoms with Crippen LogP contribution in [0.3, 0.4) is 0 Å². The number of allylic oxidation sites excluding steroid dienone is 1. The molecule has 0 bridgehead atoms. The van der Waals surface area contributed by atoms with Crippen molar-refractivity contribution in [3.8, 4) is 17.2 Å². The lowest BCUT2D eigenvalue weighted by Gasteiger charge is -2.18. The normalized spacial score (nSPS) is 16.6. The maximum atomic E-state index is 10.3. The van der Waals surface area contributed by atoms with Crippen molar-refractivity contribution in [1.29, 1.82) is 0 Å². The summed E-state index contributed by atoms with van der Waals surface area (Å²) < 4.78 is 17.1. The molecule has 2 N–H and O–H groups in total. The van der Waals surface area contributed by atoms with Crippen molar-refractivity contribution in [2.75, 3.05) is 19.9 Å². The van der Waals surface area contributed by atoms with Gasteiger partial charge in [-0.1, -0.05) is 68.3 Å². The smallest absolute Gasteiger partial charge is 0.231 e. The van der Waals surface area contributed by atoms with Crippen molar-refractivity contribution in [2.24, 2.45) is 0 Å². The van der Waals surface area contributed by atoms with Crippen LogP contribution in [0.4, 0.5) is 0 Å². The van der Waals surface area contributed by atoms with Crippen LogP contribution in [-0.4, -0.2) is 37.2 Å². The topological polar surface area (TPSA) is 60.0 Å². The predicted octanol–water partition coefficient (Wildman–Crippen LogP) is 6.06. The highest BCUT2D eigenvalue weighted by Gasteiger charge is 2.19. The average molecular weight is 486 g/mol. The Labute approximate surface area is 213 Å². The third-order valence-electron chi connectivity index (χ3n) is 7.02. The fourth-order valence-electron chi connectivity index (χ4n) is 5.13. The third kappa shape index (κ3) is 5.75. The molecule has 1 aliphatic heterocycles. The number of benzene rings is 3. The second-order valence-corrected chi connectivity index (χ2v) is 9.52. The van der Waals surface area contributed by atoms with Crippen LogP contribution in [0.2, 0.25) is 0 Å². The van der Waals surface area contributed by atoms with E-state index >= 15 is 0 Å². The molecule has 1 heterocycles. The van der Waals surface area contributed by atoms with Gasteiger partial charge in [-0.2, -0.15) is 0 Å². The standard InChI is InChI=1S/C31H35NO4/c1-2-28(24-14-17-29-30(18-24)36-21-35-29)31(22-8-4-3-5-9-22)23-12-15-27(16-13-23)34-20-26(33)19-32-25-10-6-7-11-25/h3-5,8-9,12-18,25-26,32-33H,2,6-7,10-11,19-21H2,1H3. The number of nitrogens with one attached hydrogen (secondary N) is 1. The Morgan fingerprint density at radius 3 is 2.36 bits per heavy atom. The SMILES string of the molecule is CCC(=C(c1ccccc1)c1ccc(OCC(O)CNC2CCCC2)cc1)c1ccc2c(c1)OCO2. The molecule has 1 saturated carbocycles. The zero-order valence-electron chi connectivity index (χ0n) is 20.9. The van der Waals surface area contributed by atoms with Crippen LogP contribution < -0.4 is 19.5 Å². The Hall–Kier alpha value is -3.28. The molecular formula is C31H35NO4. The van der Waals surface area contributed by atoms with Crippen LogP contribution in [0.1, 0.15) is 55.7 Å². The molecule has 5 nitrogen and oxygen atoms in total. The molecule has 0 amide bonds. The summed E-state index contributed by atoms with van der Waals surface area (Å²) in [6, 6.07) is 25.4. The molecule has 0 radical (unpaired) electrons. The lowest BCUT2D eigenvalue weighted by Crippen LogP contribution is -2.36. The van der Waals surface area contributed by atoms with Gasteiger partial charge in [0.25, 0.3) is 0 Å². The van der Waals surface area contributed by atoms with E-state index in [0.29, 0.717) is 12.6 Å². The summed E-state index contributed by atoms with van der Waals surface area (Å²) in [7, 11) is 0. The Balaban J connectivity index is 1.36. The number of aliphatic hydroxyl groups is 1. The van der Waals surface area contributed by atoms with Gasteiger partial charge < -0.3 is 24.6 Å². The summed E-state index contributed by atoms with van der Waals surface area (Å²) in [5.41, 5.74) is 5.82. The molecule has 5 heteroatoms. The minimum absolute atomic E-state index is 0.266. The predicted molar refractivity (Wildman–Crippen MR) is 143 cm³/mol. The Morgan fingerprint density at radius 2 is 1.61 bits per heavy atom. The van der Waals surface area contributed by atoms with Gasteiger partial charge in [0.05, 0.1) is 0 Å². The fraction of sp³-hybridized carbons (Fsp3) is 0.355. The fourth-order valence-corrected chi connectivity index (χ4v) is 5.13. The minimum atomic E-state index is -0.525. The summed E-state index contributed by atoms with van der Waals surface area (Å²) in [5, 5.41) is 13.8. The van der Waals surface area contributed by atoms with Gasteiger partial charge in [-0.15, -0.1) is 0 Å². The number of hydrogen-bond acceptors (Lipinski definition) is 5. The van der Waals surface area contributed by atoms with Crippen LogP contribution >= 0.6 is 0 Å². The molecule has 5 rings (SSSR count). The quantitative estimate of drug-likeness (QED) is 0.342. The molecule has 2 aliphatic rings. The van der Waals surface area contributed by atoms with Gasteiger partial charge in [-0.25, -0.2) is 0 Å². The second-order valence-electron chi connectivity index (χ2n) is 9.52. The lowest BCUT2D eigenvalue weighted by molar-refractivity contribution is 0.104. The van der Waals surface area contributed by atoms with Crippen molar-refractivity contribution in [2.45, 2.75) is 51.2 Å². The van der Waals surface area contributed by atoms with E-state index in [0.717, 1.165) is 40.4 Å². The van der Waals surface area contributed by atoms with Crippen LogP contribution in [0, 0.1) is 0 Å². The molecule has 0 aromatic heterocycles. The van der Waals surface area contributed by atoms with E-state index in [-0.39, 0.29) is 13.4 Å². The first kappa shape index (κ1) is 24.4. The Bertz CT molecular complexity index is 1170. The molecule has 0 saturated heterocycles. The molecular weight excluding hydrogens is 450 g/mol. The summed E-state index contributed by atoms with van der Waals surface area (Å²) >= 11 is 0. The highest BCUT2D eigenvalue weighted by Crippen LogP contribution is 2.39. The van der Waals surface area contributed by atoms with E-state index in [1.165, 1.54) is 36.8 Å². The maximum Gasteiger partial charge on any atom is 0.231 e. The van der Waals surface area contributed by atoms with Gasteiger partial charge in [0.2, 0.25) is 6.79 Å². The molecule has 3 aromatic rings. The first-order valence-electron chi connectivity index (χ1n) is 13.0. The summed E-state index contributed by atoms with van der Waals surface area (Å²) in [4.78, 5) is 0. The minimum Gasteiger partial charge on any atom is -0.491 e. The molecule has 188 valence electrons. The lowest BCUT2D eigenvalue weighted by atomic mass is 9.88. The average Bonchev–Trinajstić information content (AvgIpc) is 3.62. The number of fused-ring (bicyclic) bond motifs is 1. The van der Waals surface area contributed by atoms with Gasteiger partial charge >= 0.3 is 0 Å². The Kier molecular flexibility index (Phi) is 7.89. The van der Waals surface area contributed by atoms with Gasteiger partial charge in [0.1, 0.15) is 18.5 Å². The van der Waals surface area contributed by atoms with Crippen LogP contribution in [-0.2, 0) is 0 Å². The summed E-state index contributed by atoms with van der Waals surface area (Å²) in [5.74, 6) is 2.33. The summed E-state index contributed by atoms with van der Waals surface area (Å²) in [6.07, 6.45) is 5.32. The highest BCUT2D eigenvalue weighted by molar-refractivity contribution is 5.98. The van der Waals surface area contributed by atoms with E-state index in [1.807, 2.05) is 24.3 Å². The zero-order valence-corrected chi connectivity index (χ0v) is 20.9. The molecule has 1 atom stereocenters. The molecule has 1 aliphatic carbocycles. The summed E-state index contributed by atoms with van der Waals surface area (Å²) in [6.45, 7) is 3.29. The van der Waals surface area contributed by atoms with Gasteiger partial charge in [-0.05, 0) is 71.4 Å². The first-order valence-corrected chi connectivity index (χ1v) is 13.0. The van der Waals surface area contributed by atoms with Crippen molar-refractivity contribution in [3.63, 3.8) is 0 Å². The van der Waals surface area contributed by atoms with Gasteiger partial charge in [0, 0.05) is 12.6 Å². The molecule has 3 aromatic carbocycles. The van der Waals surface area contributed by atoms with Crippen LogP contribution in [0.25, 0.3) is 11.1 Å². The van der Waals surface area contributed by atoms with Crippen molar-refractivity contribution in [3.05, 3.63) is 89.5 Å². The molecule has 1 fully saturated rings. The molecule has 36 heavy (non-hydrogen) atoms. The van der Waals surface area contributed by atoms with Crippen molar-refractivity contribution in [1.82, 2.24) is 5.32 Å². The molecule has 0 spiro atoms. The number of hydrogen-bond donors (Lipinski definition) is 2. The van der Waals surface area contributed by atoms with Crippen LogP contribution in [0.15, 0.2) is 72.8 Å². The van der Waals surface area contributed by atoms with Gasteiger partial charge in [-0.3, -0.25) is 0 Å². The number of rotatable bonds is 10. The van der Waals surface area contributed by atoms with E-state index in [4.69, 9.17) is 14.2 Å². The molecule has 1 unspecified atom stereocenters. The monoisotopic (exact) mass is 485 g/mol.